The molecule has 2 aromatic rings. The van der Waals surface area contributed by atoms with Gasteiger partial charge in [-0.15, -0.1) is 0 Å². The minimum Gasteiger partial charge on any atom is -0.451 e. The van der Waals surface area contributed by atoms with Crippen LogP contribution in [0.1, 0.15) is 0 Å². The van der Waals surface area contributed by atoms with E-state index in [1.165, 1.54) is 13.2 Å². The summed E-state index contributed by atoms with van der Waals surface area (Å²) in [6, 6.07) is 4.69. The number of H-pyrrole nitrogens is 1. The molecule has 0 aliphatic heterocycles. The van der Waals surface area contributed by atoms with E-state index in [2.05, 4.69) is 9.84 Å². The normalized spacial score (nSPS) is 10.5. The van der Waals surface area contributed by atoms with Gasteiger partial charge in [-0.1, -0.05) is 0 Å². The molecule has 0 atom stereocenters. The van der Waals surface area contributed by atoms with Crippen LogP contribution in [0, 0.1) is 0 Å². The van der Waals surface area contributed by atoms with Crippen LogP contribution in [-0.4, -0.2) is 23.0 Å². The maximum absolute atomic E-state index is 11.4. The molecule has 0 bridgehead atoms. The lowest BCUT2D eigenvalue weighted by Crippen LogP contribution is -2.15. The average molecular weight is 207 g/mol. The van der Waals surface area contributed by atoms with Crippen molar-refractivity contribution in [3.63, 3.8) is 0 Å². The number of methoxy groups -OCH3 is 1. The molecule has 0 amide bonds. The van der Waals surface area contributed by atoms with Crippen LogP contribution in [0.4, 0.5) is 10.5 Å². The number of benzene rings is 1. The lowest BCUT2D eigenvalue weighted by molar-refractivity contribution is 0.170. The van der Waals surface area contributed by atoms with E-state index in [-0.39, 0.29) is 5.56 Å². The first-order valence-electron chi connectivity index (χ1n) is 4.22. The zero-order valence-corrected chi connectivity index (χ0v) is 7.98. The van der Waals surface area contributed by atoms with E-state index in [1.807, 2.05) is 0 Å². The molecular weight excluding hydrogens is 198 g/mol. The number of ether oxygens (including phenoxy) is 1. The van der Waals surface area contributed by atoms with Gasteiger partial charge in [0, 0.05) is 5.69 Å². The number of fused-ring (bicyclic) bond motifs is 1. The molecule has 1 aromatic heterocycles. The van der Waals surface area contributed by atoms with E-state index < -0.39 is 6.09 Å². The molecule has 1 heterocycles. The molecule has 6 nitrogen and oxygen atoms in total. The number of nitrogen functional groups attached to an aromatic ring is 1. The fourth-order valence-corrected chi connectivity index (χ4v) is 1.38. The first kappa shape index (κ1) is 9.32. The third-order valence-electron chi connectivity index (χ3n) is 2.08. The van der Waals surface area contributed by atoms with Crippen molar-refractivity contribution in [1.29, 1.82) is 0 Å². The summed E-state index contributed by atoms with van der Waals surface area (Å²) in [7, 11) is 1.23. The van der Waals surface area contributed by atoms with Crippen LogP contribution < -0.4 is 11.3 Å². The Hall–Kier alpha value is -2.24. The van der Waals surface area contributed by atoms with Crippen molar-refractivity contribution < 1.29 is 9.53 Å². The molecule has 0 fully saturated rings. The third-order valence-corrected chi connectivity index (χ3v) is 2.08. The summed E-state index contributed by atoms with van der Waals surface area (Å²) in [5.41, 5.74) is 6.09. The standard InChI is InChI=1S/C9H9N3O3/c1-15-9(14)12-7-4-5(10)2-3-6(7)8(13)11-12/h2-4H,10H2,1H3,(H,11,13). The molecule has 1 aromatic carbocycles. The first-order chi connectivity index (χ1) is 7.13. The number of hydrogen-bond donors (Lipinski definition) is 2. The molecule has 15 heavy (non-hydrogen) atoms. The fourth-order valence-electron chi connectivity index (χ4n) is 1.38. The zero-order chi connectivity index (χ0) is 11.0. The van der Waals surface area contributed by atoms with E-state index >= 15 is 0 Å². The Bertz CT molecular complexity index is 582. The summed E-state index contributed by atoms with van der Waals surface area (Å²) in [6.45, 7) is 0. The number of rotatable bonds is 0. The van der Waals surface area contributed by atoms with Gasteiger partial charge in [-0.05, 0) is 18.2 Å². The number of nitrogens with zero attached hydrogens (tertiary/aromatic N) is 1. The number of carbonyl (C=O) groups is 1. The Morgan fingerprint density at radius 1 is 1.53 bits per heavy atom. The van der Waals surface area contributed by atoms with Crippen LogP contribution in [0.15, 0.2) is 23.0 Å². The summed E-state index contributed by atoms with van der Waals surface area (Å²) in [4.78, 5) is 22.7. The molecular formula is C9H9N3O3. The monoisotopic (exact) mass is 207 g/mol. The molecule has 0 aliphatic rings. The van der Waals surface area contributed by atoms with Gasteiger partial charge in [-0.2, -0.15) is 4.68 Å². The Balaban J connectivity index is 2.81. The highest BCUT2D eigenvalue weighted by molar-refractivity contribution is 5.89. The Labute approximate surface area is 84.2 Å². The van der Waals surface area contributed by atoms with Crippen LogP contribution in [0.3, 0.4) is 0 Å². The van der Waals surface area contributed by atoms with Crippen molar-refractivity contribution in [3.8, 4) is 0 Å². The van der Waals surface area contributed by atoms with Gasteiger partial charge >= 0.3 is 6.09 Å². The van der Waals surface area contributed by atoms with Gasteiger partial charge in [-0.25, -0.2) is 4.79 Å². The molecule has 78 valence electrons. The summed E-state index contributed by atoms with van der Waals surface area (Å²) in [5.74, 6) is 0. The van der Waals surface area contributed by atoms with Crippen LogP contribution in [-0.2, 0) is 4.74 Å². The molecule has 0 saturated carbocycles. The highest BCUT2D eigenvalue weighted by atomic mass is 16.5. The number of nitrogens with two attached hydrogens (primary N) is 1. The van der Waals surface area contributed by atoms with E-state index in [0.29, 0.717) is 16.6 Å². The summed E-state index contributed by atoms with van der Waals surface area (Å²) in [6.07, 6.45) is -0.660. The number of carbonyl (C=O) groups excluding carboxylic acids is 1. The largest absolute Gasteiger partial charge is 0.451 e. The Morgan fingerprint density at radius 3 is 2.93 bits per heavy atom. The number of anilines is 1. The van der Waals surface area contributed by atoms with Crippen molar-refractivity contribution in [3.05, 3.63) is 28.6 Å². The average Bonchev–Trinajstić information content (AvgIpc) is 2.54. The smallest absolute Gasteiger partial charge is 0.433 e. The maximum Gasteiger partial charge on any atom is 0.433 e. The predicted molar refractivity (Wildman–Crippen MR) is 54.8 cm³/mol. The van der Waals surface area contributed by atoms with Gasteiger partial charge in [0.15, 0.2) is 0 Å². The van der Waals surface area contributed by atoms with Gasteiger partial charge in [0.25, 0.3) is 5.56 Å². The highest BCUT2D eigenvalue weighted by Crippen LogP contribution is 2.13. The van der Waals surface area contributed by atoms with Crippen molar-refractivity contribution in [2.24, 2.45) is 0 Å². The number of hydrogen-bond acceptors (Lipinski definition) is 4. The summed E-state index contributed by atoms with van der Waals surface area (Å²) >= 11 is 0. The molecule has 3 N–H and O–H groups in total. The lowest BCUT2D eigenvalue weighted by Gasteiger charge is -2.00. The molecule has 6 heteroatoms. The van der Waals surface area contributed by atoms with Crippen LogP contribution in [0.25, 0.3) is 10.9 Å². The third kappa shape index (κ3) is 1.35. The highest BCUT2D eigenvalue weighted by Gasteiger charge is 2.12. The summed E-state index contributed by atoms with van der Waals surface area (Å²) in [5, 5.41) is 2.76. The van der Waals surface area contributed by atoms with Crippen LogP contribution in [0.2, 0.25) is 0 Å². The van der Waals surface area contributed by atoms with Crippen molar-refractivity contribution in [1.82, 2.24) is 9.78 Å². The van der Waals surface area contributed by atoms with Gasteiger partial charge < -0.3 is 10.5 Å². The fraction of sp³-hybridized carbons (Fsp3) is 0.111. The van der Waals surface area contributed by atoms with E-state index in [0.717, 1.165) is 4.68 Å². The lowest BCUT2D eigenvalue weighted by atomic mass is 10.2. The molecule has 0 saturated heterocycles. The molecule has 0 spiro atoms. The minimum absolute atomic E-state index is 0.351. The molecule has 0 radical (unpaired) electrons. The Kier molecular flexibility index (Phi) is 1.96. The van der Waals surface area contributed by atoms with E-state index in [4.69, 9.17) is 5.73 Å². The summed E-state index contributed by atoms with van der Waals surface area (Å²) < 4.78 is 5.53. The second-order valence-electron chi connectivity index (χ2n) is 3.02. The zero-order valence-electron chi connectivity index (χ0n) is 7.98. The van der Waals surface area contributed by atoms with E-state index in [1.54, 1.807) is 12.1 Å². The van der Waals surface area contributed by atoms with Crippen molar-refractivity contribution in [2.45, 2.75) is 0 Å². The quantitative estimate of drug-likeness (QED) is 0.616. The molecule has 0 aliphatic carbocycles. The van der Waals surface area contributed by atoms with Gasteiger partial charge in [0.05, 0.1) is 18.0 Å². The van der Waals surface area contributed by atoms with Crippen molar-refractivity contribution >= 4 is 22.7 Å². The second-order valence-corrected chi connectivity index (χ2v) is 3.02. The number of aromatic nitrogens is 2. The first-order valence-corrected chi connectivity index (χ1v) is 4.22. The SMILES string of the molecule is COC(=O)n1[nH]c(=O)c2ccc(N)cc21. The van der Waals surface area contributed by atoms with Crippen molar-refractivity contribution in [2.75, 3.05) is 12.8 Å². The van der Waals surface area contributed by atoms with Gasteiger partial charge in [-0.3, -0.25) is 9.89 Å². The minimum atomic E-state index is -0.660. The number of aromatic amines is 1. The Morgan fingerprint density at radius 2 is 2.27 bits per heavy atom. The van der Waals surface area contributed by atoms with Crippen LogP contribution >= 0.6 is 0 Å². The van der Waals surface area contributed by atoms with E-state index in [9.17, 15) is 9.59 Å². The van der Waals surface area contributed by atoms with Crippen LogP contribution in [0.5, 0.6) is 0 Å². The number of nitrogens with one attached hydrogen (secondary N) is 1. The van der Waals surface area contributed by atoms with Gasteiger partial charge in [0.1, 0.15) is 0 Å². The molecule has 2 rings (SSSR count). The van der Waals surface area contributed by atoms with Gasteiger partial charge in [0.2, 0.25) is 0 Å². The molecule has 0 unspecified atom stereocenters. The maximum atomic E-state index is 11.4. The predicted octanol–water partition coefficient (Wildman–Crippen LogP) is 0.526. The second kappa shape index (κ2) is 3.16. The topological polar surface area (TPSA) is 90.1 Å².